The lowest BCUT2D eigenvalue weighted by atomic mass is 9.81. The van der Waals surface area contributed by atoms with Crippen molar-refractivity contribution in [1.29, 1.82) is 0 Å². The molecule has 1 aliphatic carbocycles. The van der Waals surface area contributed by atoms with Crippen molar-refractivity contribution in [2.24, 2.45) is 5.92 Å². The first kappa shape index (κ1) is 15.7. The molecule has 1 amide bonds. The largest absolute Gasteiger partial charge is 0.481 e. The second kappa shape index (κ2) is 6.70. The fourth-order valence-corrected chi connectivity index (χ4v) is 2.56. The second-order valence-corrected chi connectivity index (χ2v) is 5.45. The number of ether oxygens (including phenoxy) is 1. The minimum Gasteiger partial charge on any atom is -0.481 e. The summed E-state index contributed by atoms with van der Waals surface area (Å²) in [5.41, 5.74) is 1.11. The molecule has 0 bridgehead atoms. The van der Waals surface area contributed by atoms with Gasteiger partial charge in [0.25, 0.3) is 0 Å². The Kier molecular flexibility index (Phi) is 5.54. The van der Waals surface area contributed by atoms with E-state index in [0.717, 1.165) is 5.57 Å². The number of carboxylic acid groups (broad SMARTS) is 1. The lowest BCUT2D eigenvalue weighted by molar-refractivity contribution is -0.139. The smallest absolute Gasteiger partial charge is 0.303 e. The quantitative estimate of drug-likeness (QED) is 0.745. The molecule has 19 heavy (non-hydrogen) atoms. The number of hydrogen-bond acceptors (Lipinski definition) is 3. The van der Waals surface area contributed by atoms with Gasteiger partial charge >= 0.3 is 5.97 Å². The van der Waals surface area contributed by atoms with Gasteiger partial charge in [0, 0.05) is 6.92 Å². The van der Waals surface area contributed by atoms with Crippen LogP contribution in [0.2, 0.25) is 0 Å². The van der Waals surface area contributed by atoms with Crippen LogP contribution in [0.15, 0.2) is 11.6 Å². The van der Waals surface area contributed by atoms with Crippen molar-refractivity contribution in [3.8, 4) is 0 Å². The van der Waals surface area contributed by atoms with Crippen molar-refractivity contribution in [3.05, 3.63) is 11.6 Å². The van der Waals surface area contributed by atoms with Gasteiger partial charge in [-0.15, -0.1) is 0 Å². The zero-order valence-electron chi connectivity index (χ0n) is 12.0. The van der Waals surface area contributed by atoms with E-state index in [2.05, 4.69) is 5.32 Å². The molecule has 0 fully saturated rings. The van der Waals surface area contributed by atoms with Crippen LogP contribution in [-0.4, -0.2) is 35.2 Å². The number of rotatable bonds is 5. The van der Waals surface area contributed by atoms with Gasteiger partial charge in [-0.25, -0.2) is 0 Å². The minimum atomic E-state index is -0.849. The molecule has 108 valence electrons. The van der Waals surface area contributed by atoms with Gasteiger partial charge in [-0.05, 0) is 33.1 Å². The molecule has 0 saturated heterocycles. The minimum absolute atomic E-state index is 0.0221. The van der Waals surface area contributed by atoms with Crippen LogP contribution in [0.4, 0.5) is 0 Å². The number of carboxylic acids is 1. The van der Waals surface area contributed by atoms with Crippen molar-refractivity contribution in [2.75, 3.05) is 0 Å². The van der Waals surface area contributed by atoms with Gasteiger partial charge in [-0.2, -0.15) is 0 Å². The molecular weight excluding hydrogens is 246 g/mol. The van der Waals surface area contributed by atoms with E-state index >= 15 is 0 Å². The number of nitrogens with one attached hydrogen (secondary N) is 1. The average Bonchev–Trinajstić information content (AvgIpc) is 2.20. The van der Waals surface area contributed by atoms with Gasteiger partial charge in [0.05, 0.1) is 24.7 Å². The third kappa shape index (κ3) is 5.03. The fraction of sp³-hybridized carbons (Fsp3) is 0.714. The molecule has 0 aromatic heterocycles. The summed E-state index contributed by atoms with van der Waals surface area (Å²) in [7, 11) is 0. The highest BCUT2D eigenvalue weighted by Gasteiger charge is 2.35. The first-order valence-electron chi connectivity index (χ1n) is 6.61. The molecule has 0 aliphatic heterocycles. The highest BCUT2D eigenvalue weighted by molar-refractivity contribution is 5.73. The standard InChI is InChI=1S/C14H23NO4/c1-8(2)19-12-6-9(3)5-11(7-13(17)18)14(12)15-10(4)16/h6,8,11-12,14H,5,7H2,1-4H3,(H,15,16)(H,17,18)/t11-,12-,14-/m1/s1. The van der Waals surface area contributed by atoms with Crippen molar-refractivity contribution in [1.82, 2.24) is 5.32 Å². The zero-order chi connectivity index (χ0) is 14.6. The number of aliphatic carboxylic acids is 1. The summed E-state index contributed by atoms with van der Waals surface area (Å²) in [4.78, 5) is 22.3. The molecular formula is C14H23NO4. The molecule has 1 rings (SSSR count). The molecule has 5 nitrogen and oxygen atoms in total. The third-order valence-electron chi connectivity index (χ3n) is 3.13. The van der Waals surface area contributed by atoms with E-state index in [0.29, 0.717) is 6.42 Å². The van der Waals surface area contributed by atoms with Crippen LogP contribution in [0.25, 0.3) is 0 Å². The molecule has 0 saturated carbocycles. The van der Waals surface area contributed by atoms with Gasteiger partial charge in [-0.1, -0.05) is 11.6 Å². The lowest BCUT2D eigenvalue weighted by Gasteiger charge is -2.37. The van der Waals surface area contributed by atoms with Gasteiger partial charge < -0.3 is 15.2 Å². The monoisotopic (exact) mass is 269 g/mol. The zero-order valence-corrected chi connectivity index (χ0v) is 12.0. The molecule has 2 N–H and O–H groups in total. The summed E-state index contributed by atoms with van der Waals surface area (Å²) >= 11 is 0. The molecule has 5 heteroatoms. The molecule has 0 radical (unpaired) electrons. The van der Waals surface area contributed by atoms with Gasteiger partial charge in [0.2, 0.25) is 5.91 Å². The number of hydrogen-bond donors (Lipinski definition) is 2. The molecule has 3 atom stereocenters. The summed E-state index contributed by atoms with van der Waals surface area (Å²) < 4.78 is 5.80. The van der Waals surface area contributed by atoms with E-state index in [9.17, 15) is 9.59 Å². The lowest BCUT2D eigenvalue weighted by Crippen LogP contribution is -2.51. The topological polar surface area (TPSA) is 75.6 Å². The highest BCUT2D eigenvalue weighted by atomic mass is 16.5. The Balaban J connectivity index is 2.93. The number of allylic oxidation sites excluding steroid dienone is 1. The van der Waals surface area contributed by atoms with Gasteiger partial charge in [0.1, 0.15) is 0 Å². The van der Waals surface area contributed by atoms with Gasteiger partial charge in [-0.3, -0.25) is 9.59 Å². The molecule has 0 spiro atoms. The summed E-state index contributed by atoms with van der Waals surface area (Å²) in [6.07, 6.45) is 2.46. The molecule has 0 aromatic rings. The van der Waals surface area contributed by atoms with E-state index in [1.807, 2.05) is 26.8 Å². The Labute approximate surface area is 114 Å². The van der Waals surface area contributed by atoms with Gasteiger partial charge in [0.15, 0.2) is 0 Å². The predicted molar refractivity (Wildman–Crippen MR) is 71.7 cm³/mol. The Hall–Kier alpha value is -1.36. The second-order valence-electron chi connectivity index (χ2n) is 5.45. The van der Waals surface area contributed by atoms with Crippen molar-refractivity contribution in [2.45, 2.75) is 58.8 Å². The van der Waals surface area contributed by atoms with Crippen LogP contribution < -0.4 is 5.32 Å². The number of carbonyl (C=O) groups is 2. The maximum absolute atomic E-state index is 11.3. The Morgan fingerprint density at radius 1 is 1.53 bits per heavy atom. The maximum atomic E-state index is 11.3. The van der Waals surface area contributed by atoms with Crippen LogP contribution in [0.1, 0.15) is 40.5 Å². The fourth-order valence-electron chi connectivity index (χ4n) is 2.56. The molecule has 0 aromatic carbocycles. The van der Waals surface area contributed by atoms with Crippen LogP contribution in [0.5, 0.6) is 0 Å². The van der Waals surface area contributed by atoms with Crippen molar-refractivity contribution < 1.29 is 19.4 Å². The average molecular weight is 269 g/mol. The van der Waals surface area contributed by atoms with E-state index in [1.165, 1.54) is 6.92 Å². The Morgan fingerprint density at radius 2 is 2.16 bits per heavy atom. The Bertz CT molecular complexity index is 376. The van der Waals surface area contributed by atoms with Crippen LogP contribution in [-0.2, 0) is 14.3 Å². The van der Waals surface area contributed by atoms with E-state index < -0.39 is 5.97 Å². The van der Waals surface area contributed by atoms with Crippen molar-refractivity contribution >= 4 is 11.9 Å². The van der Waals surface area contributed by atoms with E-state index in [1.54, 1.807) is 0 Å². The van der Waals surface area contributed by atoms with E-state index in [4.69, 9.17) is 9.84 Å². The summed E-state index contributed by atoms with van der Waals surface area (Å²) in [6.45, 7) is 7.26. The summed E-state index contributed by atoms with van der Waals surface area (Å²) in [5.74, 6) is -1.14. The van der Waals surface area contributed by atoms with Crippen molar-refractivity contribution in [3.63, 3.8) is 0 Å². The van der Waals surface area contributed by atoms with Crippen LogP contribution in [0, 0.1) is 5.92 Å². The van der Waals surface area contributed by atoms with Crippen LogP contribution >= 0.6 is 0 Å². The molecule has 1 aliphatic rings. The highest BCUT2D eigenvalue weighted by Crippen LogP contribution is 2.29. The predicted octanol–water partition coefficient (Wildman–Crippen LogP) is 1.73. The normalized spacial score (nSPS) is 27.0. The first-order valence-corrected chi connectivity index (χ1v) is 6.61. The SMILES string of the molecule is CC(=O)N[C@@H]1[C@@H](CC(=O)O)CC(C)=C[C@H]1OC(C)C. The molecule has 0 unspecified atom stereocenters. The first-order chi connectivity index (χ1) is 8.79. The number of amides is 1. The van der Waals surface area contributed by atoms with Crippen LogP contribution in [0.3, 0.4) is 0 Å². The maximum Gasteiger partial charge on any atom is 0.303 e. The molecule has 0 heterocycles. The Morgan fingerprint density at radius 3 is 2.63 bits per heavy atom. The number of carbonyl (C=O) groups excluding carboxylic acids is 1. The third-order valence-corrected chi connectivity index (χ3v) is 3.13. The summed E-state index contributed by atoms with van der Waals surface area (Å²) in [6, 6.07) is -0.278. The summed E-state index contributed by atoms with van der Waals surface area (Å²) in [5, 5.41) is 11.8. The van der Waals surface area contributed by atoms with E-state index in [-0.39, 0.29) is 36.5 Å².